The molecule has 1 aromatic heterocycles. The maximum atomic E-state index is 5.90. The average molecular weight is 949 g/mol. The van der Waals surface area contributed by atoms with Crippen LogP contribution in [0.15, 0.2) is 211 Å². The Morgan fingerprint density at radius 1 is 0.534 bits per heavy atom. The first-order valence-corrected chi connectivity index (χ1v) is 26.3. The van der Waals surface area contributed by atoms with Gasteiger partial charge in [-0.1, -0.05) is 241 Å². The van der Waals surface area contributed by atoms with Gasteiger partial charge in [0.1, 0.15) is 11.3 Å². The van der Waals surface area contributed by atoms with E-state index >= 15 is 0 Å². The summed E-state index contributed by atoms with van der Waals surface area (Å²) in [4.78, 5) is 0. The molecule has 12 rings (SSSR count). The minimum absolute atomic E-state index is 0.0473. The molecule has 362 valence electrons. The summed E-state index contributed by atoms with van der Waals surface area (Å²) in [6.45, 7) is 21.8. The lowest BCUT2D eigenvalue weighted by Gasteiger charge is -2.24. The van der Waals surface area contributed by atoms with Crippen LogP contribution in [0.25, 0.3) is 78.3 Å². The highest BCUT2D eigenvalue weighted by molar-refractivity contribution is 6.01. The Kier molecular flexibility index (Phi) is 13.7. The van der Waals surface area contributed by atoms with Crippen molar-refractivity contribution in [3.05, 3.63) is 263 Å². The Morgan fingerprint density at radius 2 is 1.18 bits per heavy atom. The maximum Gasteiger partial charge on any atom is 0.135 e. The third-order valence-corrected chi connectivity index (χ3v) is 15.4. The van der Waals surface area contributed by atoms with Gasteiger partial charge in [0.15, 0.2) is 0 Å². The third kappa shape index (κ3) is 9.35. The van der Waals surface area contributed by atoms with Crippen LogP contribution < -0.4 is 0 Å². The lowest BCUT2D eigenvalue weighted by Crippen LogP contribution is -2.17. The van der Waals surface area contributed by atoms with E-state index in [0.717, 1.165) is 29.7 Å². The second-order valence-corrected chi connectivity index (χ2v) is 21.2. The number of aryl methyl sites for hydroxylation is 4. The summed E-state index contributed by atoms with van der Waals surface area (Å²) in [6, 6.07) is 62.1. The lowest BCUT2D eigenvalue weighted by atomic mass is 9.79. The summed E-state index contributed by atoms with van der Waals surface area (Å²) in [5, 5.41) is 1.17. The number of fused-ring (bicyclic) bond motifs is 7. The largest absolute Gasteiger partial charge is 0.461 e. The summed E-state index contributed by atoms with van der Waals surface area (Å²) in [5.41, 5.74) is 28.0. The van der Waals surface area contributed by atoms with Crippen molar-refractivity contribution in [1.29, 1.82) is 0 Å². The Morgan fingerprint density at radius 3 is 1.92 bits per heavy atom. The maximum absolute atomic E-state index is 5.90. The molecule has 0 amide bonds. The van der Waals surface area contributed by atoms with E-state index in [0.29, 0.717) is 0 Å². The van der Waals surface area contributed by atoms with Crippen LogP contribution >= 0.6 is 0 Å². The summed E-state index contributed by atoms with van der Waals surface area (Å²) in [5.74, 6) is 0.934. The highest BCUT2D eigenvalue weighted by Gasteiger charge is 2.38. The van der Waals surface area contributed by atoms with Crippen LogP contribution in [0, 0.1) is 20.8 Å². The van der Waals surface area contributed by atoms with Crippen molar-refractivity contribution in [2.75, 3.05) is 0 Å². The van der Waals surface area contributed by atoms with Gasteiger partial charge in [-0.05, 0) is 159 Å². The quantitative estimate of drug-likeness (QED) is 0.138. The topological polar surface area (TPSA) is 13.1 Å². The average Bonchev–Trinajstić information content (AvgIpc) is 3.96. The minimum atomic E-state index is -0.0473. The monoisotopic (exact) mass is 949 g/mol. The van der Waals surface area contributed by atoms with Gasteiger partial charge in [0, 0.05) is 21.8 Å². The van der Waals surface area contributed by atoms with Crippen LogP contribution in [-0.2, 0) is 17.3 Å². The van der Waals surface area contributed by atoms with Crippen molar-refractivity contribution in [2.45, 2.75) is 91.9 Å². The Balaban J connectivity index is 0.000000135. The number of furan rings is 1. The first-order valence-electron chi connectivity index (χ1n) is 26.3. The molecule has 1 nitrogen and oxygen atoms in total. The van der Waals surface area contributed by atoms with Gasteiger partial charge in [0.25, 0.3) is 0 Å². The van der Waals surface area contributed by atoms with Crippen molar-refractivity contribution >= 4 is 22.6 Å². The Bertz CT molecular complexity index is 3620. The normalized spacial score (nSPS) is 14.3. The molecule has 0 spiro atoms. The molecule has 0 aliphatic heterocycles. The van der Waals surface area contributed by atoms with E-state index in [1.807, 2.05) is 25.1 Å². The molecular weight excluding hydrogens is 881 g/mol. The predicted molar refractivity (Wildman–Crippen MR) is 314 cm³/mol. The minimum Gasteiger partial charge on any atom is -0.461 e. The van der Waals surface area contributed by atoms with Crippen LogP contribution in [0.1, 0.15) is 110 Å². The van der Waals surface area contributed by atoms with Crippen molar-refractivity contribution in [1.82, 2.24) is 0 Å². The first kappa shape index (κ1) is 48.9. The Hall–Kier alpha value is -7.74. The van der Waals surface area contributed by atoms with Gasteiger partial charge in [-0.3, -0.25) is 0 Å². The summed E-state index contributed by atoms with van der Waals surface area (Å²) < 4.78 is 5.90. The van der Waals surface area contributed by atoms with Gasteiger partial charge in [-0.25, -0.2) is 0 Å². The van der Waals surface area contributed by atoms with Gasteiger partial charge in [0.05, 0.1) is 0 Å². The zero-order valence-electron chi connectivity index (χ0n) is 44.1. The van der Waals surface area contributed by atoms with Crippen LogP contribution in [0.2, 0.25) is 0 Å². The number of hydrogen-bond acceptors (Lipinski definition) is 1. The van der Waals surface area contributed by atoms with Crippen molar-refractivity contribution in [2.24, 2.45) is 0 Å². The summed E-state index contributed by atoms with van der Waals surface area (Å²) in [7, 11) is 0. The zero-order valence-corrected chi connectivity index (χ0v) is 44.1. The van der Waals surface area contributed by atoms with Gasteiger partial charge in [0.2, 0.25) is 0 Å². The molecule has 9 aromatic rings. The second-order valence-electron chi connectivity index (χ2n) is 21.2. The number of allylic oxidation sites excluding steroid dienone is 6. The van der Waals surface area contributed by atoms with Crippen molar-refractivity contribution < 1.29 is 4.42 Å². The molecular formula is C72H68O. The van der Waals surface area contributed by atoms with E-state index in [1.54, 1.807) is 11.6 Å². The van der Waals surface area contributed by atoms with Gasteiger partial charge < -0.3 is 4.42 Å². The summed E-state index contributed by atoms with van der Waals surface area (Å²) >= 11 is 0. The fourth-order valence-corrected chi connectivity index (χ4v) is 11.9. The fraction of sp³-hybridized carbons (Fsp3) is 0.194. The number of rotatable bonds is 8. The van der Waals surface area contributed by atoms with E-state index in [2.05, 4.69) is 237 Å². The molecule has 1 heterocycles. The molecule has 3 aliphatic rings. The molecule has 3 aliphatic carbocycles. The number of hydrogen-bond donors (Lipinski definition) is 0. The summed E-state index contributed by atoms with van der Waals surface area (Å²) in [6.07, 6.45) is 17.4. The molecule has 73 heavy (non-hydrogen) atoms. The molecule has 0 saturated carbocycles. The highest BCUT2D eigenvalue weighted by atomic mass is 16.3. The van der Waals surface area contributed by atoms with E-state index in [4.69, 9.17) is 4.42 Å². The van der Waals surface area contributed by atoms with Crippen LogP contribution in [0.5, 0.6) is 0 Å². The molecule has 0 bridgehead atoms. The number of benzene rings is 8. The molecule has 1 heteroatoms. The van der Waals surface area contributed by atoms with Gasteiger partial charge >= 0.3 is 0 Å². The van der Waals surface area contributed by atoms with Crippen LogP contribution in [-0.4, -0.2) is 0 Å². The SMILES string of the molecule is C=C/C=C\c1c(C)oc2cccc(-c3cccc(C)c3)c12.CCCc1cccc2c1C(C)(C)c1ccccc1-2.Cc1cccc(-c2ccc3c(c2)-c2c(-c4ccccc4)cc(C4=CCCC=C4)cc2C3(C)C)c1. The van der Waals surface area contributed by atoms with E-state index < -0.39 is 0 Å². The lowest BCUT2D eigenvalue weighted by molar-refractivity contribution is 0.577. The molecule has 0 atom stereocenters. The molecule has 8 aromatic carbocycles. The van der Waals surface area contributed by atoms with Crippen LogP contribution in [0.4, 0.5) is 0 Å². The molecule has 0 unspecified atom stereocenters. The first-order chi connectivity index (χ1) is 35.4. The van der Waals surface area contributed by atoms with E-state index in [1.165, 1.54) is 118 Å². The van der Waals surface area contributed by atoms with E-state index in [9.17, 15) is 0 Å². The molecule has 0 fully saturated rings. The van der Waals surface area contributed by atoms with Gasteiger partial charge in [-0.15, -0.1) is 0 Å². The van der Waals surface area contributed by atoms with Crippen molar-refractivity contribution in [3.63, 3.8) is 0 Å². The third-order valence-electron chi connectivity index (χ3n) is 15.4. The van der Waals surface area contributed by atoms with Gasteiger partial charge in [-0.2, -0.15) is 0 Å². The second kappa shape index (κ2) is 20.4. The standard InChI is InChI=1S/C34H30.C20H18O.C18H20/c1-23-11-10-16-26(19-23)27-17-18-31-30(20-27)33-29(25-14-8-5-9-15-25)21-28(22-32(33)34(31,2)3)24-12-6-4-7-13-24;1-4-5-10-17-15(3)21-19-12-7-11-18(20(17)19)16-9-6-8-14(2)13-16;1-4-8-13-9-7-11-15-14-10-5-6-12-16(14)18(2,3)17(13)15/h5-6,8-22H,4,7H2,1-3H3;4-13H,1H2,2-3H3;5-7,9-12H,4,8H2,1-3H3/b;10-5-;. The molecule has 0 N–H and O–H groups in total. The van der Waals surface area contributed by atoms with E-state index in [-0.39, 0.29) is 10.8 Å². The molecule has 0 saturated heterocycles. The smallest absolute Gasteiger partial charge is 0.135 e. The Labute approximate surface area is 435 Å². The fourth-order valence-electron chi connectivity index (χ4n) is 11.9. The highest BCUT2D eigenvalue weighted by Crippen LogP contribution is 2.54. The molecule has 0 radical (unpaired) electrons. The van der Waals surface area contributed by atoms with Crippen LogP contribution in [0.3, 0.4) is 0 Å². The predicted octanol–water partition coefficient (Wildman–Crippen LogP) is 20.2. The zero-order chi connectivity index (χ0) is 50.9. The van der Waals surface area contributed by atoms with Crippen molar-refractivity contribution in [3.8, 4) is 55.6 Å².